The van der Waals surface area contributed by atoms with Crippen molar-refractivity contribution in [2.45, 2.75) is 17.7 Å². The van der Waals surface area contributed by atoms with Gasteiger partial charge in [-0.25, -0.2) is 0 Å². The Morgan fingerprint density at radius 3 is 3.19 bits per heavy atom. The van der Waals surface area contributed by atoms with E-state index < -0.39 is 0 Å². The van der Waals surface area contributed by atoms with E-state index in [2.05, 4.69) is 41.2 Å². The van der Waals surface area contributed by atoms with Crippen LogP contribution in [0.15, 0.2) is 29.2 Å². The second kappa shape index (κ2) is 6.16. The molecule has 1 aliphatic rings. The Labute approximate surface area is 102 Å². The van der Waals surface area contributed by atoms with Gasteiger partial charge in [-0.3, -0.25) is 0 Å². The van der Waals surface area contributed by atoms with Gasteiger partial charge < -0.3 is 10.6 Å². The van der Waals surface area contributed by atoms with Crippen LogP contribution in [0.25, 0.3) is 0 Å². The molecule has 0 aromatic heterocycles. The third kappa shape index (κ3) is 3.42. The summed E-state index contributed by atoms with van der Waals surface area (Å²) in [5.41, 5.74) is 1.25. The second-order valence-corrected chi connectivity index (χ2v) is 5.20. The van der Waals surface area contributed by atoms with Gasteiger partial charge in [-0.1, -0.05) is 6.07 Å². The summed E-state index contributed by atoms with van der Waals surface area (Å²) >= 11 is 1.79. The van der Waals surface area contributed by atoms with Gasteiger partial charge in [0.05, 0.1) is 0 Å². The maximum Gasteiger partial charge on any atom is 0.0351 e. The van der Waals surface area contributed by atoms with E-state index in [4.69, 9.17) is 0 Å². The largest absolute Gasteiger partial charge is 0.385 e. The first-order chi connectivity index (χ1) is 7.88. The number of anilines is 1. The minimum absolute atomic E-state index is 0.784. The van der Waals surface area contributed by atoms with Crippen LogP contribution in [0.5, 0.6) is 0 Å². The maximum atomic E-state index is 3.54. The fourth-order valence-corrected chi connectivity index (χ4v) is 2.55. The third-order valence-corrected chi connectivity index (χ3v) is 3.79. The van der Waals surface area contributed by atoms with Crippen molar-refractivity contribution in [1.82, 2.24) is 5.32 Å². The Balaban J connectivity index is 1.83. The summed E-state index contributed by atoms with van der Waals surface area (Å²) in [6, 6.07) is 8.64. The van der Waals surface area contributed by atoms with Crippen LogP contribution in [0.3, 0.4) is 0 Å². The zero-order valence-corrected chi connectivity index (χ0v) is 10.6. The quantitative estimate of drug-likeness (QED) is 0.786. The molecule has 1 aromatic carbocycles. The van der Waals surface area contributed by atoms with Crippen molar-refractivity contribution in [2.24, 2.45) is 5.92 Å². The lowest BCUT2D eigenvalue weighted by molar-refractivity contribution is 0.393. The van der Waals surface area contributed by atoms with E-state index in [0.29, 0.717) is 0 Å². The zero-order chi connectivity index (χ0) is 11.2. The summed E-state index contributed by atoms with van der Waals surface area (Å²) in [5, 5.41) is 6.99. The molecule has 16 heavy (non-hydrogen) atoms. The summed E-state index contributed by atoms with van der Waals surface area (Å²) < 4.78 is 0. The van der Waals surface area contributed by atoms with Gasteiger partial charge in [-0.05, 0) is 56.3 Å². The number of hydrogen-bond acceptors (Lipinski definition) is 3. The fraction of sp³-hybridized carbons (Fsp3) is 0.538. The third-order valence-electron chi connectivity index (χ3n) is 3.06. The Bertz CT molecular complexity index is 321. The highest BCUT2D eigenvalue weighted by Gasteiger charge is 2.12. The number of nitrogens with one attached hydrogen (secondary N) is 2. The van der Waals surface area contributed by atoms with E-state index in [-0.39, 0.29) is 0 Å². The molecule has 1 aromatic rings. The lowest BCUT2D eigenvalue weighted by atomic mass is 10.00. The summed E-state index contributed by atoms with van der Waals surface area (Å²) in [5.74, 6) is 0.784. The molecule has 1 aliphatic heterocycles. The van der Waals surface area contributed by atoms with Crippen LogP contribution in [0, 0.1) is 5.92 Å². The van der Waals surface area contributed by atoms with Crippen molar-refractivity contribution in [2.75, 3.05) is 31.2 Å². The SMILES string of the molecule is CSc1cccc(NCC2CCCNC2)c1. The Morgan fingerprint density at radius 1 is 1.50 bits per heavy atom. The van der Waals surface area contributed by atoms with Crippen molar-refractivity contribution in [3.05, 3.63) is 24.3 Å². The predicted octanol–water partition coefficient (Wildman–Crippen LogP) is 2.82. The highest BCUT2D eigenvalue weighted by molar-refractivity contribution is 7.98. The summed E-state index contributed by atoms with van der Waals surface area (Å²) in [6.45, 7) is 3.44. The highest BCUT2D eigenvalue weighted by Crippen LogP contribution is 2.19. The van der Waals surface area contributed by atoms with E-state index in [9.17, 15) is 0 Å². The normalized spacial score (nSPS) is 20.7. The van der Waals surface area contributed by atoms with Crippen molar-refractivity contribution in [3.63, 3.8) is 0 Å². The predicted molar refractivity (Wildman–Crippen MR) is 72.3 cm³/mol. The van der Waals surface area contributed by atoms with Gasteiger partial charge >= 0.3 is 0 Å². The summed E-state index contributed by atoms with van der Waals surface area (Å²) in [7, 11) is 0. The molecule has 1 fully saturated rings. The van der Waals surface area contributed by atoms with Gasteiger partial charge in [-0.2, -0.15) is 0 Å². The number of thioether (sulfide) groups is 1. The van der Waals surface area contributed by atoms with Crippen molar-refractivity contribution in [3.8, 4) is 0 Å². The van der Waals surface area contributed by atoms with E-state index in [1.54, 1.807) is 11.8 Å². The maximum absolute atomic E-state index is 3.54. The Morgan fingerprint density at radius 2 is 2.44 bits per heavy atom. The molecular weight excluding hydrogens is 216 g/mol. The van der Waals surface area contributed by atoms with Gasteiger partial charge in [-0.15, -0.1) is 11.8 Å². The zero-order valence-electron chi connectivity index (χ0n) is 9.83. The molecule has 1 saturated heterocycles. The molecule has 88 valence electrons. The first-order valence-electron chi connectivity index (χ1n) is 5.97. The van der Waals surface area contributed by atoms with Crippen molar-refractivity contribution in [1.29, 1.82) is 0 Å². The van der Waals surface area contributed by atoms with Gasteiger partial charge in [0, 0.05) is 17.1 Å². The monoisotopic (exact) mass is 236 g/mol. The van der Waals surface area contributed by atoms with Gasteiger partial charge in [0.15, 0.2) is 0 Å². The number of rotatable bonds is 4. The van der Waals surface area contributed by atoms with E-state index in [0.717, 1.165) is 19.0 Å². The van der Waals surface area contributed by atoms with E-state index in [1.165, 1.54) is 30.0 Å². The minimum Gasteiger partial charge on any atom is -0.385 e. The second-order valence-electron chi connectivity index (χ2n) is 4.33. The van der Waals surface area contributed by atoms with Crippen LogP contribution in [-0.2, 0) is 0 Å². The number of hydrogen-bond donors (Lipinski definition) is 2. The molecule has 1 unspecified atom stereocenters. The molecule has 0 amide bonds. The molecule has 2 nitrogen and oxygen atoms in total. The van der Waals surface area contributed by atoms with Crippen molar-refractivity contribution >= 4 is 17.4 Å². The van der Waals surface area contributed by atoms with E-state index in [1.807, 2.05) is 0 Å². The average Bonchev–Trinajstić information content (AvgIpc) is 2.38. The molecule has 3 heteroatoms. The minimum atomic E-state index is 0.784. The molecule has 2 rings (SSSR count). The number of benzene rings is 1. The first kappa shape index (κ1) is 11.8. The lowest BCUT2D eigenvalue weighted by Gasteiger charge is -2.23. The van der Waals surface area contributed by atoms with Gasteiger partial charge in [0.2, 0.25) is 0 Å². The molecular formula is C13H20N2S. The first-order valence-corrected chi connectivity index (χ1v) is 7.19. The Kier molecular flexibility index (Phi) is 4.55. The van der Waals surface area contributed by atoms with Crippen LogP contribution in [0.1, 0.15) is 12.8 Å². The fourth-order valence-electron chi connectivity index (χ4n) is 2.09. The molecule has 2 N–H and O–H groups in total. The summed E-state index contributed by atoms with van der Waals surface area (Å²) in [4.78, 5) is 1.33. The summed E-state index contributed by atoms with van der Waals surface area (Å²) in [6.07, 6.45) is 4.78. The van der Waals surface area contributed by atoms with Crippen LogP contribution in [-0.4, -0.2) is 25.9 Å². The Hall–Kier alpha value is -0.670. The van der Waals surface area contributed by atoms with E-state index >= 15 is 0 Å². The molecule has 1 atom stereocenters. The van der Waals surface area contributed by atoms with Gasteiger partial charge in [0.25, 0.3) is 0 Å². The standard InChI is InChI=1S/C13H20N2S/c1-16-13-6-2-5-12(8-13)15-10-11-4-3-7-14-9-11/h2,5-6,8,11,14-15H,3-4,7,9-10H2,1H3. The molecule has 0 radical (unpaired) electrons. The van der Waals surface area contributed by atoms with Crippen LogP contribution in [0.2, 0.25) is 0 Å². The molecule has 0 saturated carbocycles. The average molecular weight is 236 g/mol. The molecule has 0 aliphatic carbocycles. The molecule has 1 heterocycles. The molecule has 0 bridgehead atoms. The van der Waals surface area contributed by atoms with Crippen molar-refractivity contribution < 1.29 is 0 Å². The van der Waals surface area contributed by atoms with Crippen LogP contribution >= 0.6 is 11.8 Å². The van der Waals surface area contributed by atoms with Crippen LogP contribution < -0.4 is 10.6 Å². The van der Waals surface area contributed by atoms with Gasteiger partial charge in [0.1, 0.15) is 0 Å². The molecule has 0 spiro atoms. The topological polar surface area (TPSA) is 24.1 Å². The number of piperidine rings is 1. The highest BCUT2D eigenvalue weighted by atomic mass is 32.2. The smallest absolute Gasteiger partial charge is 0.0351 e. The van der Waals surface area contributed by atoms with Crippen LogP contribution in [0.4, 0.5) is 5.69 Å². The lowest BCUT2D eigenvalue weighted by Crippen LogP contribution is -2.33.